The molecule has 1 N–H and O–H groups in total. The van der Waals surface area contributed by atoms with Crippen LogP contribution in [0.3, 0.4) is 0 Å². The summed E-state index contributed by atoms with van der Waals surface area (Å²) in [6.07, 6.45) is 6.34. The van der Waals surface area contributed by atoms with E-state index in [2.05, 4.69) is 12.2 Å². The van der Waals surface area contributed by atoms with Crippen molar-refractivity contribution in [2.75, 3.05) is 12.8 Å². The highest BCUT2D eigenvalue weighted by molar-refractivity contribution is 7.90. The van der Waals surface area contributed by atoms with Crippen LogP contribution in [0.2, 0.25) is 0 Å². The zero-order valence-electron chi connectivity index (χ0n) is 11.7. The Bertz CT molecular complexity index is 521. The molecule has 0 saturated heterocycles. The Hall–Kier alpha value is -0.870. The molecule has 0 aliphatic heterocycles. The molecule has 1 aromatic rings. The lowest BCUT2D eigenvalue weighted by Crippen LogP contribution is -2.26. The molecule has 4 heteroatoms. The van der Waals surface area contributed by atoms with E-state index in [1.807, 2.05) is 18.2 Å². The minimum atomic E-state index is -3.12. The van der Waals surface area contributed by atoms with Gasteiger partial charge in [0.1, 0.15) is 0 Å². The third-order valence-corrected chi connectivity index (χ3v) is 5.04. The van der Waals surface area contributed by atoms with Gasteiger partial charge in [-0.1, -0.05) is 38.3 Å². The summed E-state index contributed by atoms with van der Waals surface area (Å²) in [6, 6.07) is 7.64. The summed E-state index contributed by atoms with van der Waals surface area (Å²) in [5.41, 5.74) is 1.09. The molecule has 0 amide bonds. The maximum absolute atomic E-state index is 11.6. The van der Waals surface area contributed by atoms with Crippen LogP contribution in [-0.2, 0) is 9.84 Å². The second-order valence-electron chi connectivity index (χ2n) is 5.49. The first-order chi connectivity index (χ1) is 9.00. The Morgan fingerprint density at radius 1 is 1.37 bits per heavy atom. The van der Waals surface area contributed by atoms with Gasteiger partial charge in [0, 0.05) is 12.3 Å². The van der Waals surface area contributed by atoms with E-state index < -0.39 is 9.84 Å². The number of nitrogens with one attached hydrogen (secondary N) is 1. The lowest BCUT2D eigenvalue weighted by Gasteiger charge is -2.30. The van der Waals surface area contributed by atoms with Crippen molar-refractivity contribution < 1.29 is 8.42 Å². The fraction of sp³-hybridized carbons (Fsp3) is 0.600. The van der Waals surface area contributed by atoms with Gasteiger partial charge in [-0.3, -0.25) is 0 Å². The molecule has 0 radical (unpaired) electrons. The molecule has 1 fully saturated rings. The molecule has 1 aromatic carbocycles. The smallest absolute Gasteiger partial charge is 0.175 e. The van der Waals surface area contributed by atoms with Crippen LogP contribution in [0.15, 0.2) is 29.2 Å². The van der Waals surface area contributed by atoms with Crippen molar-refractivity contribution in [1.82, 2.24) is 5.32 Å². The molecule has 0 spiro atoms. The molecule has 106 valence electrons. The van der Waals surface area contributed by atoms with Crippen molar-refractivity contribution in [3.63, 3.8) is 0 Å². The van der Waals surface area contributed by atoms with E-state index >= 15 is 0 Å². The van der Waals surface area contributed by atoms with Crippen molar-refractivity contribution in [1.29, 1.82) is 0 Å². The largest absolute Gasteiger partial charge is 0.310 e. The minimum absolute atomic E-state index is 0.275. The second-order valence-corrected chi connectivity index (χ2v) is 7.50. The third-order valence-electron chi connectivity index (χ3n) is 3.93. The Balaban J connectivity index is 2.20. The summed E-state index contributed by atoms with van der Waals surface area (Å²) in [6.45, 7) is 2.99. The first-order valence-electron chi connectivity index (χ1n) is 7.04. The van der Waals surface area contributed by atoms with Crippen LogP contribution in [-0.4, -0.2) is 21.2 Å². The first kappa shape index (κ1) is 14.5. The summed E-state index contributed by atoms with van der Waals surface area (Å²) in [5.74, 6) is 0.797. The molecule has 3 nitrogen and oxygen atoms in total. The fourth-order valence-electron chi connectivity index (χ4n) is 2.61. The minimum Gasteiger partial charge on any atom is -0.310 e. The second kappa shape index (κ2) is 6.06. The van der Waals surface area contributed by atoms with Gasteiger partial charge in [0.25, 0.3) is 0 Å². The van der Waals surface area contributed by atoms with Crippen molar-refractivity contribution in [3.8, 4) is 0 Å². The zero-order chi connectivity index (χ0) is 13.9. The van der Waals surface area contributed by atoms with Crippen molar-refractivity contribution >= 4 is 9.84 Å². The average Bonchev–Trinajstić information content (AvgIpc) is 2.31. The van der Waals surface area contributed by atoms with Gasteiger partial charge in [0.15, 0.2) is 9.84 Å². The quantitative estimate of drug-likeness (QED) is 0.872. The van der Waals surface area contributed by atoms with Crippen LogP contribution in [0.5, 0.6) is 0 Å². The molecule has 1 saturated carbocycles. The SMILES string of the molecule is CCNC(CC1CCC1)c1cccc(S(C)(=O)=O)c1. The average molecular weight is 281 g/mol. The number of benzene rings is 1. The van der Waals surface area contributed by atoms with Crippen molar-refractivity contribution in [3.05, 3.63) is 29.8 Å². The van der Waals surface area contributed by atoms with Crippen LogP contribution >= 0.6 is 0 Å². The maximum atomic E-state index is 11.6. The zero-order valence-corrected chi connectivity index (χ0v) is 12.5. The predicted molar refractivity (Wildman–Crippen MR) is 77.9 cm³/mol. The normalized spacial score (nSPS) is 18.0. The summed E-state index contributed by atoms with van der Waals surface area (Å²) in [7, 11) is -3.12. The Morgan fingerprint density at radius 2 is 2.11 bits per heavy atom. The molecule has 1 aliphatic rings. The molecule has 1 aliphatic carbocycles. The van der Waals surface area contributed by atoms with Gasteiger partial charge in [0.2, 0.25) is 0 Å². The van der Waals surface area contributed by atoms with Gasteiger partial charge in [-0.05, 0) is 36.6 Å². The van der Waals surface area contributed by atoms with Gasteiger partial charge in [0.05, 0.1) is 4.90 Å². The van der Waals surface area contributed by atoms with Gasteiger partial charge >= 0.3 is 0 Å². The first-order valence-corrected chi connectivity index (χ1v) is 8.93. The monoisotopic (exact) mass is 281 g/mol. The van der Waals surface area contributed by atoms with Gasteiger partial charge in [-0.15, -0.1) is 0 Å². The van der Waals surface area contributed by atoms with Gasteiger partial charge in [-0.2, -0.15) is 0 Å². The van der Waals surface area contributed by atoms with E-state index in [1.165, 1.54) is 25.5 Å². The highest BCUT2D eigenvalue weighted by Gasteiger charge is 2.23. The summed E-state index contributed by atoms with van der Waals surface area (Å²) >= 11 is 0. The highest BCUT2D eigenvalue weighted by Crippen LogP contribution is 2.35. The van der Waals surface area contributed by atoms with Gasteiger partial charge in [-0.25, -0.2) is 8.42 Å². The molecular weight excluding hydrogens is 258 g/mol. The molecule has 0 heterocycles. The lowest BCUT2D eigenvalue weighted by atomic mass is 9.79. The molecule has 1 atom stereocenters. The molecule has 19 heavy (non-hydrogen) atoms. The van der Waals surface area contributed by atoms with E-state index in [4.69, 9.17) is 0 Å². The van der Waals surface area contributed by atoms with Crippen LogP contribution in [0.1, 0.15) is 44.2 Å². The Kier molecular flexibility index (Phi) is 4.63. The Labute approximate surface area is 116 Å². The van der Waals surface area contributed by atoms with Gasteiger partial charge < -0.3 is 5.32 Å². The summed E-state index contributed by atoms with van der Waals surface area (Å²) < 4.78 is 23.3. The Morgan fingerprint density at radius 3 is 2.63 bits per heavy atom. The van der Waals surface area contributed by atoms with Crippen molar-refractivity contribution in [2.45, 2.75) is 43.5 Å². The van der Waals surface area contributed by atoms with E-state index in [-0.39, 0.29) is 6.04 Å². The molecule has 2 rings (SSSR count). The lowest BCUT2D eigenvalue weighted by molar-refractivity contribution is 0.262. The van der Waals surface area contributed by atoms with E-state index in [0.29, 0.717) is 4.90 Å². The van der Waals surface area contributed by atoms with Crippen molar-refractivity contribution in [2.24, 2.45) is 5.92 Å². The number of hydrogen-bond acceptors (Lipinski definition) is 3. The molecule has 0 aromatic heterocycles. The van der Waals surface area contributed by atoms with Crippen LogP contribution in [0.4, 0.5) is 0 Å². The number of sulfone groups is 1. The highest BCUT2D eigenvalue weighted by atomic mass is 32.2. The molecule has 0 bridgehead atoms. The van der Waals surface area contributed by atoms with Crippen LogP contribution < -0.4 is 5.32 Å². The van der Waals surface area contributed by atoms with Crippen LogP contribution in [0.25, 0.3) is 0 Å². The van der Waals surface area contributed by atoms with E-state index in [9.17, 15) is 8.42 Å². The fourth-order valence-corrected chi connectivity index (χ4v) is 3.28. The van der Waals surface area contributed by atoms with E-state index in [1.54, 1.807) is 6.07 Å². The van der Waals surface area contributed by atoms with E-state index in [0.717, 1.165) is 24.4 Å². The summed E-state index contributed by atoms with van der Waals surface area (Å²) in [5, 5.41) is 3.48. The predicted octanol–water partition coefficient (Wildman–Crippen LogP) is 2.93. The summed E-state index contributed by atoms with van der Waals surface area (Å²) in [4.78, 5) is 0.418. The maximum Gasteiger partial charge on any atom is 0.175 e. The molecular formula is C15H23NO2S. The third kappa shape index (κ3) is 3.80. The topological polar surface area (TPSA) is 46.2 Å². The standard InChI is InChI=1S/C15H23NO2S/c1-3-16-15(10-12-6-4-7-12)13-8-5-9-14(11-13)19(2,17)18/h5,8-9,11-12,15-16H,3-4,6-7,10H2,1-2H3. The molecule has 1 unspecified atom stereocenters. The number of hydrogen-bond donors (Lipinski definition) is 1. The number of rotatable bonds is 6. The van der Waals surface area contributed by atoms with Crippen LogP contribution in [0, 0.1) is 5.92 Å².